The predicted octanol–water partition coefficient (Wildman–Crippen LogP) is 2.56. The van der Waals surface area contributed by atoms with E-state index in [-0.39, 0.29) is 11.9 Å². The Morgan fingerprint density at radius 1 is 1.53 bits per heavy atom. The van der Waals surface area contributed by atoms with Gasteiger partial charge in [-0.1, -0.05) is 13.0 Å². The third-order valence-electron chi connectivity index (χ3n) is 2.59. The van der Waals surface area contributed by atoms with Crippen LogP contribution >= 0.6 is 0 Å². The van der Waals surface area contributed by atoms with Crippen molar-refractivity contribution in [3.8, 4) is 5.75 Å². The Hall–Kier alpha value is -1.09. The van der Waals surface area contributed by atoms with Crippen molar-refractivity contribution in [3.05, 3.63) is 29.6 Å². The molecule has 0 amide bonds. The highest BCUT2D eigenvalue weighted by molar-refractivity contribution is 5.29. The molecule has 0 aromatic heterocycles. The normalized spacial score (nSPS) is 20.5. The van der Waals surface area contributed by atoms with Gasteiger partial charge >= 0.3 is 0 Å². The number of halogens is 1. The van der Waals surface area contributed by atoms with Gasteiger partial charge in [-0.2, -0.15) is 0 Å². The third kappa shape index (κ3) is 2.48. The van der Waals surface area contributed by atoms with Crippen LogP contribution in [0.1, 0.15) is 18.9 Å². The first-order valence-electron chi connectivity index (χ1n) is 5.32. The Morgan fingerprint density at radius 2 is 2.40 bits per heavy atom. The summed E-state index contributed by atoms with van der Waals surface area (Å²) in [6.07, 6.45) is 1.69. The third-order valence-corrected chi connectivity index (χ3v) is 2.59. The molecule has 1 heterocycles. The minimum atomic E-state index is -0.277. The maximum atomic E-state index is 13.5. The Balaban J connectivity index is 2.07. The maximum absolute atomic E-state index is 13.5. The maximum Gasteiger partial charge on any atom is 0.165 e. The molecule has 0 spiro atoms. The highest BCUT2D eigenvalue weighted by Crippen LogP contribution is 2.22. The number of aryl methyl sites for hydroxylation is 1. The van der Waals surface area contributed by atoms with Gasteiger partial charge in [0.25, 0.3) is 0 Å². The van der Waals surface area contributed by atoms with Crippen molar-refractivity contribution in [1.29, 1.82) is 0 Å². The smallest absolute Gasteiger partial charge is 0.165 e. The molecular weight excluding hydrogens is 195 g/mol. The van der Waals surface area contributed by atoms with Crippen LogP contribution in [0.4, 0.5) is 4.39 Å². The van der Waals surface area contributed by atoms with Crippen LogP contribution in [0.15, 0.2) is 18.2 Å². The Labute approximate surface area is 89.0 Å². The van der Waals surface area contributed by atoms with E-state index in [1.165, 1.54) is 6.07 Å². The molecule has 0 aliphatic carbocycles. The van der Waals surface area contributed by atoms with Crippen LogP contribution < -0.4 is 4.74 Å². The first-order chi connectivity index (χ1) is 7.29. The van der Waals surface area contributed by atoms with Gasteiger partial charge < -0.3 is 9.47 Å². The molecule has 82 valence electrons. The van der Waals surface area contributed by atoms with Gasteiger partial charge in [0.2, 0.25) is 0 Å². The summed E-state index contributed by atoms with van der Waals surface area (Å²) in [5.41, 5.74) is 0.988. The molecule has 1 unspecified atom stereocenters. The van der Waals surface area contributed by atoms with Crippen molar-refractivity contribution < 1.29 is 13.9 Å². The molecule has 15 heavy (non-hydrogen) atoms. The SMILES string of the molecule is CCc1ccc(OC2CCOC2)c(F)c1. The zero-order valence-corrected chi connectivity index (χ0v) is 8.83. The summed E-state index contributed by atoms with van der Waals surface area (Å²) in [7, 11) is 0. The summed E-state index contributed by atoms with van der Waals surface area (Å²) in [5, 5.41) is 0. The molecule has 1 fully saturated rings. The van der Waals surface area contributed by atoms with Gasteiger partial charge in [-0.05, 0) is 24.1 Å². The summed E-state index contributed by atoms with van der Waals surface area (Å²) in [6, 6.07) is 5.13. The number of hydrogen-bond donors (Lipinski definition) is 0. The fourth-order valence-corrected chi connectivity index (χ4v) is 1.65. The summed E-state index contributed by atoms with van der Waals surface area (Å²) in [6.45, 7) is 3.27. The first kappa shape index (κ1) is 10.4. The van der Waals surface area contributed by atoms with Gasteiger partial charge in [-0.25, -0.2) is 4.39 Å². The van der Waals surface area contributed by atoms with Crippen molar-refractivity contribution >= 4 is 0 Å². The van der Waals surface area contributed by atoms with Crippen molar-refractivity contribution in [1.82, 2.24) is 0 Å². The van der Waals surface area contributed by atoms with E-state index in [1.807, 2.05) is 13.0 Å². The van der Waals surface area contributed by atoms with Crippen LogP contribution in [0.25, 0.3) is 0 Å². The van der Waals surface area contributed by atoms with Crippen LogP contribution in [-0.2, 0) is 11.2 Å². The van der Waals surface area contributed by atoms with Crippen molar-refractivity contribution in [3.63, 3.8) is 0 Å². The van der Waals surface area contributed by atoms with Gasteiger partial charge in [-0.3, -0.25) is 0 Å². The van der Waals surface area contributed by atoms with Crippen LogP contribution in [0.2, 0.25) is 0 Å². The predicted molar refractivity (Wildman–Crippen MR) is 55.6 cm³/mol. The molecule has 1 aliphatic heterocycles. The monoisotopic (exact) mass is 210 g/mol. The number of hydrogen-bond acceptors (Lipinski definition) is 2. The van der Waals surface area contributed by atoms with E-state index in [0.29, 0.717) is 19.0 Å². The fourth-order valence-electron chi connectivity index (χ4n) is 1.65. The lowest BCUT2D eigenvalue weighted by atomic mass is 10.1. The van der Waals surface area contributed by atoms with Gasteiger partial charge in [0.15, 0.2) is 11.6 Å². The minimum absolute atomic E-state index is 0.00646. The van der Waals surface area contributed by atoms with E-state index in [1.54, 1.807) is 6.07 Å². The molecule has 0 bridgehead atoms. The Morgan fingerprint density at radius 3 is 3.00 bits per heavy atom. The van der Waals surface area contributed by atoms with Gasteiger partial charge in [0.1, 0.15) is 6.10 Å². The van der Waals surface area contributed by atoms with Gasteiger partial charge in [0.05, 0.1) is 13.2 Å². The molecule has 0 N–H and O–H groups in total. The zero-order valence-electron chi connectivity index (χ0n) is 8.83. The number of rotatable bonds is 3. The average molecular weight is 210 g/mol. The minimum Gasteiger partial charge on any atom is -0.485 e. The number of ether oxygens (including phenoxy) is 2. The van der Waals surface area contributed by atoms with Crippen molar-refractivity contribution in [2.24, 2.45) is 0 Å². The molecule has 1 atom stereocenters. The van der Waals surface area contributed by atoms with Crippen LogP contribution in [-0.4, -0.2) is 19.3 Å². The highest BCUT2D eigenvalue weighted by Gasteiger charge is 2.18. The Kier molecular flexibility index (Phi) is 3.21. The van der Waals surface area contributed by atoms with Crippen LogP contribution in [0.5, 0.6) is 5.75 Å². The highest BCUT2D eigenvalue weighted by atomic mass is 19.1. The van der Waals surface area contributed by atoms with E-state index in [0.717, 1.165) is 18.4 Å². The summed E-state index contributed by atoms with van der Waals surface area (Å²) in [4.78, 5) is 0. The second-order valence-electron chi connectivity index (χ2n) is 3.72. The van der Waals surface area contributed by atoms with Crippen LogP contribution in [0, 0.1) is 5.82 Å². The molecule has 0 saturated carbocycles. The number of benzene rings is 1. The Bertz CT molecular complexity index is 332. The van der Waals surface area contributed by atoms with Crippen molar-refractivity contribution in [2.45, 2.75) is 25.9 Å². The van der Waals surface area contributed by atoms with E-state index < -0.39 is 0 Å². The molecule has 1 saturated heterocycles. The average Bonchev–Trinajstić information content (AvgIpc) is 2.74. The zero-order chi connectivity index (χ0) is 10.7. The summed E-state index contributed by atoms with van der Waals surface area (Å²) in [5.74, 6) is 0.0592. The molecule has 1 aromatic carbocycles. The van der Waals surface area contributed by atoms with E-state index in [9.17, 15) is 4.39 Å². The quantitative estimate of drug-likeness (QED) is 0.763. The van der Waals surface area contributed by atoms with Gasteiger partial charge in [0, 0.05) is 6.42 Å². The molecule has 0 radical (unpaired) electrons. The lowest BCUT2D eigenvalue weighted by molar-refractivity contribution is 0.138. The molecule has 3 heteroatoms. The van der Waals surface area contributed by atoms with E-state index >= 15 is 0 Å². The molecule has 1 aliphatic rings. The second-order valence-corrected chi connectivity index (χ2v) is 3.72. The standard InChI is InChI=1S/C12H15FO2/c1-2-9-3-4-12(11(13)7-9)15-10-5-6-14-8-10/h3-4,7,10H,2,5-6,8H2,1H3. The van der Waals surface area contributed by atoms with E-state index in [2.05, 4.69) is 0 Å². The molecule has 2 nitrogen and oxygen atoms in total. The first-order valence-corrected chi connectivity index (χ1v) is 5.32. The lowest BCUT2D eigenvalue weighted by Gasteiger charge is -2.12. The summed E-state index contributed by atoms with van der Waals surface area (Å²) < 4.78 is 24.2. The second kappa shape index (κ2) is 4.62. The van der Waals surface area contributed by atoms with Crippen LogP contribution in [0.3, 0.4) is 0 Å². The largest absolute Gasteiger partial charge is 0.485 e. The fraction of sp³-hybridized carbons (Fsp3) is 0.500. The molecular formula is C12H15FO2. The molecule has 1 aromatic rings. The lowest BCUT2D eigenvalue weighted by Crippen LogP contribution is -2.16. The van der Waals surface area contributed by atoms with E-state index in [4.69, 9.17) is 9.47 Å². The van der Waals surface area contributed by atoms with Crippen molar-refractivity contribution in [2.75, 3.05) is 13.2 Å². The topological polar surface area (TPSA) is 18.5 Å². The summed E-state index contributed by atoms with van der Waals surface area (Å²) >= 11 is 0. The van der Waals surface area contributed by atoms with Gasteiger partial charge in [-0.15, -0.1) is 0 Å². The molecule has 2 rings (SSSR count).